The molecular weight excluding hydrogens is 354 g/mol. The number of rotatable bonds is 5. The van der Waals surface area contributed by atoms with Crippen LogP contribution in [-0.2, 0) is 25.4 Å². The maximum atomic E-state index is 4.67. The third-order valence-corrected chi connectivity index (χ3v) is 6.43. The lowest BCUT2D eigenvalue weighted by Crippen LogP contribution is -2.33. The zero-order valence-corrected chi connectivity index (χ0v) is 17.0. The zero-order chi connectivity index (χ0) is 19.7. The molecule has 1 aliphatic rings. The van der Waals surface area contributed by atoms with Crippen LogP contribution in [0.1, 0.15) is 23.2 Å². The van der Waals surface area contributed by atoms with Gasteiger partial charge in [-0.2, -0.15) is 0 Å². The van der Waals surface area contributed by atoms with Gasteiger partial charge >= 0.3 is 0 Å². The maximum absolute atomic E-state index is 4.67. The molecule has 29 heavy (non-hydrogen) atoms. The smallest absolute Gasteiger partial charge is 0.0477 e. The number of pyridine rings is 1. The molecule has 3 heteroatoms. The predicted octanol–water partition coefficient (Wildman–Crippen LogP) is 4.96. The van der Waals surface area contributed by atoms with Crippen molar-refractivity contribution in [3.8, 4) is 0 Å². The van der Waals surface area contributed by atoms with Gasteiger partial charge < -0.3 is 4.57 Å². The Morgan fingerprint density at radius 1 is 0.966 bits per heavy atom. The fraction of sp³-hybridized carbons (Fsp3) is 0.269. The molecule has 4 aromatic rings. The summed E-state index contributed by atoms with van der Waals surface area (Å²) in [5, 5.41) is 1.33. The van der Waals surface area contributed by atoms with Crippen molar-refractivity contribution in [1.29, 1.82) is 0 Å². The molecule has 1 unspecified atom stereocenters. The molecule has 0 spiro atoms. The fourth-order valence-corrected chi connectivity index (χ4v) is 4.88. The molecule has 0 amide bonds. The van der Waals surface area contributed by atoms with Gasteiger partial charge in [-0.25, -0.2) is 0 Å². The van der Waals surface area contributed by atoms with Crippen LogP contribution in [0, 0.1) is 0 Å². The van der Waals surface area contributed by atoms with Gasteiger partial charge in [-0.15, -0.1) is 0 Å². The molecule has 146 valence electrons. The Kier molecular flexibility index (Phi) is 4.69. The average Bonchev–Trinajstić information content (AvgIpc) is 3.33. The average molecular weight is 382 g/mol. The van der Waals surface area contributed by atoms with Crippen LogP contribution in [0.3, 0.4) is 0 Å². The van der Waals surface area contributed by atoms with Gasteiger partial charge in [-0.1, -0.05) is 42.5 Å². The number of benzene rings is 2. The Hall–Kier alpha value is -2.91. The molecule has 1 atom stereocenters. The van der Waals surface area contributed by atoms with Crippen molar-refractivity contribution in [2.24, 2.45) is 7.05 Å². The monoisotopic (exact) mass is 381 g/mol. The van der Waals surface area contributed by atoms with E-state index in [9.17, 15) is 0 Å². The van der Waals surface area contributed by atoms with E-state index in [1.807, 2.05) is 12.3 Å². The quantitative estimate of drug-likeness (QED) is 0.487. The first-order valence-electron chi connectivity index (χ1n) is 10.4. The second-order valence-electron chi connectivity index (χ2n) is 8.42. The zero-order valence-electron chi connectivity index (χ0n) is 17.0. The topological polar surface area (TPSA) is 21.1 Å². The number of aromatic nitrogens is 2. The summed E-state index contributed by atoms with van der Waals surface area (Å²) in [6.07, 6.45) is 6.21. The van der Waals surface area contributed by atoms with E-state index in [1.165, 1.54) is 27.7 Å². The molecule has 0 radical (unpaired) electrons. The second-order valence-corrected chi connectivity index (χ2v) is 8.42. The highest BCUT2D eigenvalue weighted by Gasteiger charge is 2.40. The molecular formula is C26H27N3. The summed E-state index contributed by atoms with van der Waals surface area (Å²) >= 11 is 0. The lowest BCUT2D eigenvalue weighted by molar-refractivity contribution is 0.300. The maximum Gasteiger partial charge on any atom is 0.0477 e. The lowest BCUT2D eigenvalue weighted by atomic mass is 9.75. The molecule has 0 N–H and O–H groups in total. The van der Waals surface area contributed by atoms with Crippen molar-refractivity contribution in [1.82, 2.24) is 14.5 Å². The molecule has 0 saturated carbocycles. The Labute approximate surface area is 172 Å². The molecule has 3 nitrogen and oxygen atoms in total. The van der Waals surface area contributed by atoms with Gasteiger partial charge in [0.05, 0.1) is 0 Å². The summed E-state index contributed by atoms with van der Waals surface area (Å²) in [7, 11) is 2.11. The van der Waals surface area contributed by atoms with Crippen molar-refractivity contribution >= 4 is 10.9 Å². The Morgan fingerprint density at radius 3 is 2.66 bits per heavy atom. The van der Waals surface area contributed by atoms with Crippen molar-refractivity contribution in [3.05, 3.63) is 102 Å². The third-order valence-electron chi connectivity index (χ3n) is 6.43. The summed E-state index contributed by atoms with van der Waals surface area (Å²) in [4.78, 5) is 7.27. The number of likely N-dealkylation sites (tertiary alicyclic amines) is 1. The van der Waals surface area contributed by atoms with Crippen LogP contribution in [0.15, 0.2) is 85.2 Å². The van der Waals surface area contributed by atoms with Crippen LogP contribution < -0.4 is 0 Å². The first-order chi connectivity index (χ1) is 14.2. The van der Waals surface area contributed by atoms with Crippen molar-refractivity contribution in [3.63, 3.8) is 0 Å². The van der Waals surface area contributed by atoms with E-state index in [0.29, 0.717) is 0 Å². The van der Waals surface area contributed by atoms with Gasteiger partial charge in [0.25, 0.3) is 0 Å². The standard InChI is InChI=1S/C26H27N3/c1-28-15-12-22-17-23(10-11-25(22)28)26(18-24-9-5-6-14-27-24)13-16-29(20-26)19-21-7-3-2-4-8-21/h2-12,14-15,17H,13,16,18-20H2,1H3. The van der Waals surface area contributed by atoms with Crippen LogP contribution in [-0.4, -0.2) is 27.5 Å². The molecule has 0 bridgehead atoms. The van der Waals surface area contributed by atoms with E-state index >= 15 is 0 Å². The van der Waals surface area contributed by atoms with E-state index in [1.54, 1.807) is 0 Å². The summed E-state index contributed by atoms with van der Waals surface area (Å²) in [5.74, 6) is 0. The van der Waals surface area contributed by atoms with Crippen LogP contribution >= 0.6 is 0 Å². The minimum absolute atomic E-state index is 0.104. The largest absolute Gasteiger partial charge is 0.351 e. The van der Waals surface area contributed by atoms with Crippen molar-refractivity contribution in [2.45, 2.75) is 24.8 Å². The molecule has 1 aliphatic heterocycles. The van der Waals surface area contributed by atoms with E-state index in [4.69, 9.17) is 0 Å². The number of nitrogens with zero attached hydrogens (tertiary/aromatic N) is 3. The van der Waals surface area contributed by atoms with Gasteiger partial charge in [0.15, 0.2) is 0 Å². The van der Waals surface area contributed by atoms with Crippen molar-refractivity contribution < 1.29 is 0 Å². The lowest BCUT2D eigenvalue weighted by Gasteiger charge is -2.30. The minimum Gasteiger partial charge on any atom is -0.351 e. The molecule has 2 aromatic carbocycles. The van der Waals surface area contributed by atoms with Gasteiger partial charge in [-0.05, 0) is 59.8 Å². The summed E-state index contributed by atoms with van der Waals surface area (Å²) in [5.41, 5.74) is 5.41. The van der Waals surface area contributed by atoms with E-state index in [-0.39, 0.29) is 5.41 Å². The molecule has 0 aliphatic carbocycles. The third kappa shape index (κ3) is 3.58. The number of hydrogen-bond donors (Lipinski definition) is 0. The minimum atomic E-state index is 0.104. The highest BCUT2D eigenvalue weighted by Crippen LogP contribution is 2.39. The number of fused-ring (bicyclic) bond motifs is 1. The summed E-state index contributed by atoms with van der Waals surface area (Å²) < 4.78 is 2.20. The van der Waals surface area contributed by atoms with E-state index < -0.39 is 0 Å². The molecule has 2 aromatic heterocycles. The van der Waals surface area contributed by atoms with Crippen LogP contribution in [0.4, 0.5) is 0 Å². The van der Waals surface area contributed by atoms with E-state index in [2.05, 4.69) is 94.4 Å². The van der Waals surface area contributed by atoms with Crippen LogP contribution in [0.2, 0.25) is 0 Å². The van der Waals surface area contributed by atoms with Gasteiger partial charge in [0.1, 0.15) is 0 Å². The fourth-order valence-electron chi connectivity index (χ4n) is 4.88. The van der Waals surface area contributed by atoms with Gasteiger partial charge in [-0.3, -0.25) is 9.88 Å². The Balaban J connectivity index is 1.49. The molecule has 3 heterocycles. The molecule has 1 fully saturated rings. The van der Waals surface area contributed by atoms with Gasteiger partial charge in [0.2, 0.25) is 0 Å². The summed E-state index contributed by atoms with van der Waals surface area (Å²) in [6.45, 7) is 3.20. The first kappa shape index (κ1) is 18.1. The van der Waals surface area contributed by atoms with Crippen LogP contribution in [0.5, 0.6) is 0 Å². The normalized spacial score (nSPS) is 19.8. The van der Waals surface area contributed by atoms with E-state index in [0.717, 1.165) is 32.5 Å². The number of hydrogen-bond acceptors (Lipinski definition) is 2. The van der Waals surface area contributed by atoms with Crippen molar-refractivity contribution in [2.75, 3.05) is 13.1 Å². The molecule has 1 saturated heterocycles. The Morgan fingerprint density at radius 2 is 1.83 bits per heavy atom. The highest BCUT2D eigenvalue weighted by molar-refractivity contribution is 5.81. The second kappa shape index (κ2) is 7.49. The van der Waals surface area contributed by atoms with Gasteiger partial charge in [0, 0.05) is 55.6 Å². The Bertz CT molecular complexity index is 1100. The summed E-state index contributed by atoms with van der Waals surface area (Å²) in [6, 6.07) is 26.4. The highest BCUT2D eigenvalue weighted by atomic mass is 15.2. The molecule has 5 rings (SSSR count). The SMILES string of the molecule is Cn1ccc2cc(C3(Cc4ccccn4)CCN(Cc4ccccc4)C3)ccc21. The number of aryl methyl sites for hydroxylation is 1. The first-order valence-corrected chi connectivity index (χ1v) is 10.4. The predicted molar refractivity (Wildman–Crippen MR) is 119 cm³/mol. The van der Waals surface area contributed by atoms with Crippen LogP contribution in [0.25, 0.3) is 10.9 Å².